The Labute approximate surface area is 129 Å². The van der Waals surface area contributed by atoms with Crippen LogP contribution in [0.3, 0.4) is 0 Å². The van der Waals surface area contributed by atoms with Crippen LogP contribution in [0.5, 0.6) is 11.5 Å². The van der Waals surface area contributed by atoms with Gasteiger partial charge in [-0.25, -0.2) is 0 Å². The second-order valence-corrected chi connectivity index (χ2v) is 5.67. The molecular formula is C13H11F2NO3S2. The zero-order chi connectivity index (χ0) is 15.6. The number of thiocarbonyl (C=S) groups is 1. The van der Waals surface area contributed by atoms with Crippen LogP contribution in [0, 0.1) is 0 Å². The summed E-state index contributed by atoms with van der Waals surface area (Å²) in [6, 6.07) is 4.68. The van der Waals surface area contributed by atoms with Crippen molar-refractivity contribution < 1.29 is 23.0 Å². The lowest BCUT2D eigenvalue weighted by Crippen LogP contribution is -2.22. The summed E-state index contributed by atoms with van der Waals surface area (Å²) in [7, 11) is 2.91. The van der Waals surface area contributed by atoms with Crippen LogP contribution in [0.15, 0.2) is 23.1 Å². The number of ether oxygens (including phenoxy) is 2. The molecule has 1 saturated heterocycles. The number of thioether (sulfide) groups is 1. The average Bonchev–Trinajstić information content (AvgIpc) is 2.67. The van der Waals surface area contributed by atoms with E-state index in [1.54, 1.807) is 19.2 Å². The molecule has 0 aliphatic carbocycles. The molecule has 1 amide bonds. The van der Waals surface area contributed by atoms with Crippen LogP contribution in [0.25, 0.3) is 6.08 Å². The molecule has 1 aliphatic rings. The minimum Gasteiger partial charge on any atom is -0.493 e. The highest BCUT2D eigenvalue weighted by Crippen LogP contribution is 2.37. The predicted octanol–water partition coefficient (Wildman–Crippen LogP) is 3.13. The van der Waals surface area contributed by atoms with Gasteiger partial charge < -0.3 is 9.47 Å². The number of nitrogens with zero attached hydrogens (tertiary/aromatic N) is 1. The van der Waals surface area contributed by atoms with Crippen LogP contribution >= 0.6 is 24.0 Å². The molecular weight excluding hydrogens is 320 g/mol. The van der Waals surface area contributed by atoms with E-state index in [1.807, 2.05) is 0 Å². The first-order chi connectivity index (χ1) is 9.93. The van der Waals surface area contributed by atoms with E-state index in [9.17, 15) is 13.6 Å². The average molecular weight is 331 g/mol. The lowest BCUT2D eigenvalue weighted by molar-refractivity contribution is -0.121. The molecule has 1 heterocycles. The summed E-state index contributed by atoms with van der Waals surface area (Å²) in [4.78, 5) is 13.6. The van der Waals surface area contributed by atoms with Crippen LogP contribution in [0.4, 0.5) is 8.78 Å². The first-order valence-corrected chi connectivity index (χ1v) is 7.00. The molecule has 0 aromatic heterocycles. The van der Waals surface area contributed by atoms with Crippen molar-refractivity contribution >= 4 is 40.3 Å². The van der Waals surface area contributed by atoms with Crippen LogP contribution in [0.2, 0.25) is 0 Å². The van der Waals surface area contributed by atoms with Crippen molar-refractivity contribution in [1.29, 1.82) is 0 Å². The maximum atomic E-state index is 12.5. The van der Waals surface area contributed by atoms with Gasteiger partial charge in [-0.3, -0.25) is 9.69 Å². The molecule has 0 N–H and O–H groups in total. The molecule has 0 radical (unpaired) electrons. The number of benzene rings is 1. The number of para-hydroxylation sites is 1. The summed E-state index contributed by atoms with van der Waals surface area (Å²) in [5.41, 5.74) is 0.323. The highest BCUT2D eigenvalue weighted by Gasteiger charge is 2.29. The molecule has 0 spiro atoms. The molecule has 2 rings (SSSR count). The zero-order valence-electron chi connectivity index (χ0n) is 11.1. The SMILES string of the molecule is COc1cccc(C=C2SC(=S)N(C)C2=O)c1OC(F)F. The fourth-order valence-electron chi connectivity index (χ4n) is 1.71. The minimum atomic E-state index is -2.99. The highest BCUT2D eigenvalue weighted by atomic mass is 32.2. The molecule has 1 aromatic rings. The first-order valence-electron chi connectivity index (χ1n) is 5.77. The van der Waals surface area contributed by atoms with Gasteiger partial charge in [0.2, 0.25) is 0 Å². The van der Waals surface area contributed by atoms with Crippen molar-refractivity contribution in [2.24, 2.45) is 0 Å². The number of amides is 1. The molecule has 0 saturated carbocycles. The van der Waals surface area contributed by atoms with Crippen LogP contribution in [0.1, 0.15) is 5.56 Å². The van der Waals surface area contributed by atoms with Gasteiger partial charge in [0, 0.05) is 12.6 Å². The van der Waals surface area contributed by atoms with Gasteiger partial charge in [0.1, 0.15) is 4.32 Å². The minimum absolute atomic E-state index is 0.114. The van der Waals surface area contributed by atoms with Gasteiger partial charge in [0.05, 0.1) is 12.0 Å². The van der Waals surface area contributed by atoms with Crippen LogP contribution in [-0.4, -0.2) is 35.9 Å². The van der Waals surface area contributed by atoms with Crippen molar-refractivity contribution in [3.05, 3.63) is 28.7 Å². The third-order valence-corrected chi connectivity index (χ3v) is 4.19. The molecule has 1 fully saturated rings. The molecule has 0 atom stereocenters. The maximum Gasteiger partial charge on any atom is 0.387 e. The summed E-state index contributed by atoms with van der Waals surface area (Å²) in [5.74, 6) is -0.233. The normalized spacial score (nSPS) is 17.0. The smallest absolute Gasteiger partial charge is 0.387 e. The second kappa shape index (κ2) is 6.40. The molecule has 0 unspecified atom stereocenters. The number of likely N-dealkylation sites (N-methyl/N-ethyl adjacent to an activating group) is 1. The van der Waals surface area contributed by atoms with Gasteiger partial charge in [-0.15, -0.1) is 0 Å². The number of methoxy groups -OCH3 is 1. The summed E-state index contributed by atoms with van der Waals surface area (Å²) in [6.45, 7) is -2.99. The third-order valence-electron chi connectivity index (χ3n) is 2.71. The fraction of sp³-hybridized carbons (Fsp3) is 0.231. The van der Waals surface area contributed by atoms with Crippen molar-refractivity contribution in [2.75, 3.05) is 14.2 Å². The van der Waals surface area contributed by atoms with E-state index in [0.29, 0.717) is 14.8 Å². The summed E-state index contributed by atoms with van der Waals surface area (Å²) < 4.78 is 35.0. The van der Waals surface area contributed by atoms with Crippen molar-refractivity contribution in [3.8, 4) is 11.5 Å². The summed E-state index contributed by atoms with van der Waals surface area (Å²) in [6.07, 6.45) is 1.46. The Morgan fingerprint density at radius 3 is 2.67 bits per heavy atom. The topological polar surface area (TPSA) is 38.8 Å². The van der Waals surface area contributed by atoms with E-state index in [1.165, 1.54) is 24.2 Å². The number of carbonyl (C=O) groups excluding carboxylic acids is 1. The van der Waals surface area contributed by atoms with E-state index >= 15 is 0 Å². The van der Waals surface area contributed by atoms with Gasteiger partial charge in [-0.2, -0.15) is 8.78 Å². The number of hydrogen-bond acceptors (Lipinski definition) is 5. The molecule has 112 valence electrons. The maximum absolute atomic E-state index is 12.5. The van der Waals surface area contributed by atoms with E-state index in [-0.39, 0.29) is 17.4 Å². The van der Waals surface area contributed by atoms with Gasteiger partial charge >= 0.3 is 6.61 Å². The van der Waals surface area contributed by atoms with Crippen molar-refractivity contribution in [3.63, 3.8) is 0 Å². The van der Waals surface area contributed by atoms with E-state index in [2.05, 4.69) is 4.74 Å². The van der Waals surface area contributed by atoms with Crippen LogP contribution in [-0.2, 0) is 4.79 Å². The first kappa shape index (κ1) is 15.7. The zero-order valence-corrected chi connectivity index (χ0v) is 12.8. The molecule has 21 heavy (non-hydrogen) atoms. The summed E-state index contributed by atoms with van der Waals surface area (Å²) >= 11 is 6.12. The van der Waals surface area contributed by atoms with Crippen molar-refractivity contribution in [2.45, 2.75) is 6.61 Å². The van der Waals surface area contributed by atoms with Crippen LogP contribution < -0.4 is 9.47 Å². The summed E-state index contributed by atoms with van der Waals surface area (Å²) in [5, 5.41) is 0. The lowest BCUT2D eigenvalue weighted by Gasteiger charge is -2.12. The van der Waals surface area contributed by atoms with E-state index < -0.39 is 6.61 Å². The fourth-order valence-corrected chi connectivity index (χ4v) is 2.88. The van der Waals surface area contributed by atoms with Gasteiger partial charge in [0.25, 0.3) is 5.91 Å². The van der Waals surface area contributed by atoms with Gasteiger partial charge in [-0.05, 0) is 12.1 Å². The molecule has 1 aromatic carbocycles. The van der Waals surface area contributed by atoms with E-state index in [0.717, 1.165) is 11.8 Å². The van der Waals surface area contributed by atoms with E-state index in [4.69, 9.17) is 17.0 Å². The Morgan fingerprint density at radius 2 is 2.14 bits per heavy atom. The Balaban J connectivity index is 2.44. The Kier molecular flexibility index (Phi) is 4.79. The standard InChI is InChI=1S/C13H11F2NO3S2/c1-16-11(17)9(21-13(16)20)6-7-4-3-5-8(18-2)10(7)19-12(14)15/h3-6,12H,1-2H3. The number of hydrogen-bond donors (Lipinski definition) is 0. The number of alkyl halides is 2. The second-order valence-electron chi connectivity index (χ2n) is 4.00. The Bertz CT molecular complexity index is 619. The molecule has 8 heteroatoms. The Hall–Kier alpha value is -1.67. The predicted molar refractivity (Wildman–Crippen MR) is 80.6 cm³/mol. The Morgan fingerprint density at radius 1 is 1.43 bits per heavy atom. The molecule has 4 nitrogen and oxygen atoms in total. The third kappa shape index (κ3) is 3.33. The largest absolute Gasteiger partial charge is 0.493 e. The quantitative estimate of drug-likeness (QED) is 0.626. The number of carbonyl (C=O) groups is 1. The number of halogens is 2. The van der Waals surface area contributed by atoms with Gasteiger partial charge in [0.15, 0.2) is 11.5 Å². The monoisotopic (exact) mass is 331 g/mol. The highest BCUT2D eigenvalue weighted by molar-refractivity contribution is 8.26. The molecule has 1 aliphatic heterocycles. The van der Waals surface area contributed by atoms with Gasteiger partial charge in [-0.1, -0.05) is 36.1 Å². The lowest BCUT2D eigenvalue weighted by atomic mass is 10.1. The van der Waals surface area contributed by atoms with Crippen molar-refractivity contribution in [1.82, 2.24) is 4.90 Å². The molecule has 0 bridgehead atoms. The number of rotatable bonds is 4.